The van der Waals surface area contributed by atoms with Crippen molar-refractivity contribution < 1.29 is 9.50 Å². The molecule has 1 saturated carbocycles. The summed E-state index contributed by atoms with van der Waals surface area (Å²) in [4.78, 5) is 2.32. The van der Waals surface area contributed by atoms with Crippen LogP contribution in [-0.2, 0) is 6.61 Å². The lowest BCUT2D eigenvalue weighted by Gasteiger charge is -2.45. The molecule has 3 heteroatoms. The highest BCUT2D eigenvalue weighted by atomic mass is 19.1. The lowest BCUT2D eigenvalue weighted by Crippen LogP contribution is -2.41. The highest BCUT2D eigenvalue weighted by Crippen LogP contribution is 2.45. The number of aliphatic hydroxyl groups is 1. The Morgan fingerprint density at radius 1 is 1.05 bits per heavy atom. The van der Waals surface area contributed by atoms with Crippen LogP contribution in [0.1, 0.15) is 50.5 Å². The van der Waals surface area contributed by atoms with Gasteiger partial charge in [0.25, 0.3) is 0 Å². The molecule has 1 spiro atoms. The molecule has 0 aromatic heterocycles. The predicted octanol–water partition coefficient (Wildman–Crippen LogP) is 3.87. The van der Waals surface area contributed by atoms with Gasteiger partial charge in [-0.05, 0) is 49.3 Å². The van der Waals surface area contributed by atoms with Gasteiger partial charge in [0.15, 0.2) is 0 Å². The number of piperidine rings is 1. The topological polar surface area (TPSA) is 23.5 Å². The number of hydrogen-bond donors (Lipinski definition) is 1. The van der Waals surface area contributed by atoms with Gasteiger partial charge in [-0.15, -0.1) is 0 Å². The van der Waals surface area contributed by atoms with Gasteiger partial charge >= 0.3 is 0 Å². The van der Waals surface area contributed by atoms with Crippen LogP contribution >= 0.6 is 0 Å². The molecular weight excluding hydrogens is 253 g/mol. The summed E-state index contributed by atoms with van der Waals surface area (Å²) >= 11 is 0. The largest absolute Gasteiger partial charge is 0.392 e. The van der Waals surface area contributed by atoms with Gasteiger partial charge in [0, 0.05) is 24.3 Å². The van der Waals surface area contributed by atoms with Crippen LogP contribution in [-0.4, -0.2) is 18.2 Å². The zero-order chi connectivity index (χ0) is 14.0. The summed E-state index contributed by atoms with van der Waals surface area (Å²) in [6, 6.07) is 4.78. The summed E-state index contributed by atoms with van der Waals surface area (Å²) in [5.74, 6) is -0.265. The lowest BCUT2D eigenvalue weighted by molar-refractivity contribution is 0.144. The number of rotatable bonds is 2. The minimum atomic E-state index is -0.265. The Balaban J connectivity index is 1.71. The van der Waals surface area contributed by atoms with Gasteiger partial charge in [-0.2, -0.15) is 0 Å². The van der Waals surface area contributed by atoms with Crippen LogP contribution in [0.25, 0.3) is 0 Å². The van der Waals surface area contributed by atoms with Crippen molar-refractivity contribution in [2.24, 2.45) is 5.41 Å². The van der Waals surface area contributed by atoms with E-state index in [0.717, 1.165) is 18.8 Å². The van der Waals surface area contributed by atoms with Crippen LogP contribution in [0.15, 0.2) is 18.2 Å². The molecule has 2 fully saturated rings. The van der Waals surface area contributed by atoms with Gasteiger partial charge in [-0.3, -0.25) is 0 Å². The number of nitrogens with zero attached hydrogens (tertiary/aromatic N) is 1. The fourth-order valence-corrected chi connectivity index (χ4v) is 4.01. The molecule has 1 saturated heterocycles. The molecule has 3 rings (SSSR count). The van der Waals surface area contributed by atoms with E-state index >= 15 is 0 Å². The SMILES string of the molecule is OCc1cc(F)ccc1N1CCC2(CCCCC2)CC1. The van der Waals surface area contributed by atoms with Gasteiger partial charge in [-0.25, -0.2) is 4.39 Å². The van der Waals surface area contributed by atoms with Crippen molar-refractivity contribution in [1.82, 2.24) is 0 Å². The van der Waals surface area contributed by atoms with E-state index in [1.807, 2.05) is 6.07 Å². The maximum atomic E-state index is 13.3. The van der Waals surface area contributed by atoms with Gasteiger partial charge in [0.05, 0.1) is 6.61 Å². The standard InChI is InChI=1S/C17H24FNO/c18-15-4-5-16(14(12-15)13-20)19-10-8-17(9-11-19)6-2-1-3-7-17/h4-5,12,20H,1-3,6-11,13H2. The molecule has 1 aromatic rings. The van der Waals surface area contributed by atoms with Crippen LogP contribution in [0.4, 0.5) is 10.1 Å². The molecular formula is C17H24FNO. The molecule has 1 aliphatic heterocycles. The van der Waals surface area contributed by atoms with Crippen LogP contribution in [0, 0.1) is 11.2 Å². The molecule has 1 aromatic carbocycles. The van der Waals surface area contributed by atoms with Crippen molar-refractivity contribution in [3.63, 3.8) is 0 Å². The first-order chi connectivity index (χ1) is 9.72. The number of halogens is 1. The molecule has 1 heterocycles. The van der Waals surface area contributed by atoms with Crippen LogP contribution < -0.4 is 4.90 Å². The van der Waals surface area contributed by atoms with E-state index in [9.17, 15) is 9.50 Å². The summed E-state index contributed by atoms with van der Waals surface area (Å²) in [6.45, 7) is 1.99. The lowest BCUT2D eigenvalue weighted by atomic mass is 9.68. The highest BCUT2D eigenvalue weighted by molar-refractivity contribution is 5.54. The first-order valence-corrected chi connectivity index (χ1v) is 7.87. The van der Waals surface area contributed by atoms with Gasteiger partial charge in [-0.1, -0.05) is 19.3 Å². The van der Waals surface area contributed by atoms with Crippen molar-refractivity contribution in [3.05, 3.63) is 29.6 Å². The third-order valence-corrected chi connectivity index (χ3v) is 5.29. The Kier molecular flexibility index (Phi) is 3.97. The number of hydrogen-bond acceptors (Lipinski definition) is 2. The van der Waals surface area contributed by atoms with Crippen LogP contribution in [0.5, 0.6) is 0 Å². The summed E-state index contributed by atoms with van der Waals surface area (Å²) in [5.41, 5.74) is 2.30. The van der Waals surface area contributed by atoms with E-state index in [-0.39, 0.29) is 12.4 Å². The molecule has 1 N–H and O–H groups in total. The number of benzene rings is 1. The second-order valence-electron chi connectivity index (χ2n) is 6.48. The minimum Gasteiger partial charge on any atom is -0.392 e. The molecule has 20 heavy (non-hydrogen) atoms. The molecule has 110 valence electrons. The fourth-order valence-electron chi connectivity index (χ4n) is 4.01. The third kappa shape index (κ3) is 2.69. The number of aliphatic hydroxyl groups excluding tert-OH is 1. The van der Waals surface area contributed by atoms with Crippen molar-refractivity contribution in [2.45, 2.75) is 51.6 Å². The molecule has 0 radical (unpaired) electrons. The fraction of sp³-hybridized carbons (Fsp3) is 0.647. The molecule has 0 bridgehead atoms. The maximum absolute atomic E-state index is 13.3. The molecule has 2 nitrogen and oxygen atoms in total. The van der Waals surface area contributed by atoms with E-state index < -0.39 is 0 Å². The Morgan fingerprint density at radius 2 is 1.75 bits per heavy atom. The van der Waals surface area contributed by atoms with Crippen molar-refractivity contribution in [2.75, 3.05) is 18.0 Å². The molecule has 0 amide bonds. The Morgan fingerprint density at radius 3 is 2.40 bits per heavy atom. The van der Waals surface area contributed by atoms with Crippen molar-refractivity contribution in [3.8, 4) is 0 Å². The normalized spacial score (nSPS) is 22.2. The van der Waals surface area contributed by atoms with Crippen molar-refractivity contribution in [1.29, 1.82) is 0 Å². The average molecular weight is 277 g/mol. The first-order valence-electron chi connectivity index (χ1n) is 7.87. The van der Waals surface area contributed by atoms with E-state index in [2.05, 4.69) is 4.90 Å². The van der Waals surface area contributed by atoms with Gasteiger partial charge in [0.1, 0.15) is 5.82 Å². The molecule has 0 unspecified atom stereocenters. The van der Waals surface area contributed by atoms with Crippen LogP contribution in [0.2, 0.25) is 0 Å². The minimum absolute atomic E-state index is 0.0886. The van der Waals surface area contributed by atoms with E-state index in [1.54, 1.807) is 0 Å². The second-order valence-corrected chi connectivity index (χ2v) is 6.48. The summed E-state index contributed by atoms with van der Waals surface area (Å²) in [7, 11) is 0. The van der Waals surface area contributed by atoms with Crippen LogP contribution in [0.3, 0.4) is 0 Å². The second kappa shape index (κ2) is 5.72. The third-order valence-electron chi connectivity index (χ3n) is 5.29. The maximum Gasteiger partial charge on any atom is 0.123 e. The summed E-state index contributed by atoms with van der Waals surface area (Å²) in [6.07, 6.45) is 9.44. The van der Waals surface area contributed by atoms with E-state index in [1.165, 1.54) is 57.1 Å². The zero-order valence-electron chi connectivity index (χ0n) is 12.1. The molecule has 0 atom stereocenters. The van der Waals surface area contributed by atoms with E-state index in [0.29, 0.717) is 11.0 Å². The Hall–Kier alpha value is -1.09. The number of anilines is 1. The predicted molar refractivity (Wildman–Crippen MR) is 79.3 cm³/mol. The van der Waals surface area contributed by atoms with Gasteiger partial charge in [0.2, 0.25) is 0 Å². The Labute approximate surface area is 120 Å². The monoisotopic (exact) mass is 277 g/mol. The van der Waals surface area contributed by atoms with Gasteiger partial charge < -0.3 is 10.0 Å². The smallest absolute Gasteiger partial charge is 0.123 e. The summed E-state index contributed by atoms with van der Waals surface area (Å²) < 4.78 is 13.3. The van der Waals surface area contributed by atoms with Crippen molar-refractivity contribution >= 4 is 5.69 Å². The molecule has 2 aliphatic rings. The highest BCUT2D eigenvalue weighted by Gasteiger charge is 2.35. The zero-order valence-corrected chi connectivity index (χ0v) is 12.1. The van der Waals surface area contributed by atoms with E-state index in [4.69, 9.17) is 0 Å². The molecule has 1 aliphatic carbocycles. The quantitative estimate of drug-likeness (QED) is 0.887. The average Bonchev–Trinajstić information content (AvgIpc) is 2.49. The first kappa shape index (κ1) is 13.9. The Bertz CT molecular complexity index is 458. The summed E-state index contributed by atoms with van der Waals surface area (Å²) in [5, 5.41) is 9.42.